The number of furan rings is 1. The molecule has 0 fully saturated rings. The zero-order valence-corrected chi connectivity index (χ0v) is 12.0. The third kappa shape index (κ3) is 3.42. The van der Waals surface area contributed by atoms with Crippen molar-refractivity contribution >= 4 is 12.1 Å². The minimum absolute atomic E-state index is 0.329. The van der Waals surface area contributed by atoms with E-state index in [4.69, 9.17) is 13.9 Å². The summed E-state index contributed by atoms with van der Waals surface area (Å²) in [5.41, 5.74) is 3.62. The summed E-state index contributed by atoms with van der Waals surface area (Å²) in [6, 6.07) is 6.90. The van der Waals surface area contributed by atoms with E-state index >= 15 is 0 Å². The van der Waals surface area contributed by atoms with Gasteiger partial charge in [-0.3, -0.25) is 4.79 Å². The van der Waals surface area contributed by atoms with Gasteiger partial charge in [0.25, 0.3) is 5.91 Å². The summed E-state index contributed by atoms with van der Waals surface area (Å²) in [5.74, 6) is 1.50. The zero-order valence-electron chi connectivity index (χ0n) is 12.0. The molecular formula is C15H16N2O4. The van der Waals surface area contributed by atoms with E-state index in [1.165, 1.54) is 12.5 Å². The van der Waals surface area contributed by atoms with Gasteiger partial charge in [0, 0.05) is 11.6 Å². The van der Waals surface area contributed by atoms with Crippen LogP contribution in [-0.4, -0.2) is 26.3 Å². The highest BCUT2D eigenvalue weighted by atomic mass is 16.5. The van der Waals surface area contributed by atoms with E-state index < -0.39 is 0 Å². The minimum atomic E-state index is -0.329. The second kappa shape index (κ2) is 6.60. The fourth-order valence-corrected chi connectivity index (χ4v) is 1.77. The summed E-state index contributed by atoms with van der Waals surface area (Å²) in [6.07, 6.45) is 2.96. The molecule has 110 valence electrons. The SMILES string of the molecule is COc1ccc(C=NNC(=O)c2ccoc2C)c(OC)c1. The Morgan fingerprint density at radius 2 is 2.10 bits per heavy atom. The van der Waals surface area contributed by atoms with Crippen molar-refractivity contribution in [3.63, 3.8) is 0 Å². The molecule has 0 atom stereocenters. The summed E-state index contributed by atoms with van der Waals surface area (Å²) in [6.45, 7) is 1.71. The highest BCUT2D eigenvalue weighted by Gasteiger charge is 2.10. The largest absolute Gasteiger partial charge is 0.497 e. The van der Waals surface area contributed by atoms with Gasteiger partial charge < -0.3 is 13.9 Å². The third-order valence-corrected chi connectivity index (χ3v) is 2.91. The number of carbonyl (C=O) groups is 1. The van der Waals surface area contributed by atoms with Gasteiger partial charge in [-0.05, 0) is 25.1 Å². The number of aryl methyl sites for hydroxylation is 1. The topological polar surface area (TPSA) is 73.1 Å². The number of amides is 1. The maximum absolute atomic E-state index is 11.8. The predicted molar refractivity (Wildman–Crippen MR) is 78.1 cm³/mol. The maximum Gasteiger partial charge on any atom is 0.274 e. The lowest BCUT2D eigenvalue weighted by Crippen LogP contribution is -2.17. The Bertz CT molecular complexity index is 661. The van der Waals surface area contributed by atoms with Crippen molar-refractivity contribution in [1.82, 2.24) is 5.43 Å². The lowest BCUT2D eigenvalue weighted by molar-refractivity contribution is 0.0953. The van der Waals surface area contributed by atoms with E-state index in [0.717, 1.165) is 5.56 Å². The first-order chi connectivity index (χ1) is 10.2. The molecule has 2 rings (SSSR count). The van der Waals surface area contributed by atoms with Crippen LogP contribution in [0.25, 0.3) is 0 Å². The summed E-state index contributed by atoms with van der Waals surface area (Å²) in [5, 5.41) is 3.92. The van der Waals surface area contributed by atoms with E-state index in [0.29, 0.717) is 22.8 Å². The Morgan fingerprint density at radius 1 is 1.29 bits per heavy atom. The molecule has 0 radical (unpaired) electrons. The van der Waals surface area contributed by atoms with E-state index in [1.54, 1.807) is 45.4 Å². The summed E-state index contributed by atoms with van der Waals surface area (Å²) in [4.78, 5) is 11.8. The van der Waals surface area contributed by atoms with Crippen LogP contribution in [0.5, 0.6) is 11.5 Å². The second-order valence-corrected chi connectivity index (χ2v) is 4.20. The maximum atomic E-state index is 11.8. The van der Waals surface area contributed by atoms with Crippen LogP contribution >= 0.6 is 0 Å². The van der Waals surface area contributed by atoms with Gasteiger partial charge in [0.15, 0.2) is 0 Å². The van der Waals surface area contributed by atoms with Gasteiger partial charge in [-0.2, -0.15) is 5.10 Å². The van der Waals surface area contributed by atoms with Gasteiger partial charge in [-0.1, -0.05) is 0 Å². The first-order valence-electron chi connectivity index (χ1n) is 6.25. The number of methoxy groups -OCH3 is 2. The van der Waals surface area contributed by atoms with E-state index in [1.807, 2.05) is 0 Å². The molecule has 0 spiro atoms. The molecule has 0 saturated carbocycles. The molecule has 0 bridgehead atoms. The molecule has 6 heteroatoms. The van der Waals surface area contributed by atoms with Gasteiger partial charge in [-0.15, -0.1) is 0 Å². The molecule has 0 aliphatic heterocycles. The third-order valence-electron chi connectivity index (χ3n) is 2.91. The molecule has 0 aliphatic rings. The summed E-state index contributed by atoms with van der Waals surface area (Å²) in [7, 11) is 3.13. The van der Waals surface area contributed by atoms with Crippen LogP contribution in [0.4, 0.5) is 0 Å². The number of hydrogen-bond acceptors (Lipinski definition) is 5. The molecule has 0 unspecified atom stereocenters. The van der Waals surface area contributed by atoms with Gasteiger partial charge >= 0.3 is 0 Å². The fourth-order valence-electron chi connectivity index (χ4n) is 1.77. The highest BCUT2D eigenvalue weighted by Crippen LogP contribution is 2.23. The average molecular weight is 288 g/mol. The molecular weight excluding hydrogens is 272 g/mol. The molecule has 0 saturated heterocycles. The van der Waals surface area contributed by atoms with Crippen LogP contribution in [0.2, 0.25) is 0 Å². The van der Waals surface area contributed by atoms with E-state index in [2.05, 4.69) is 10.5 Å². The molecule has 1 N–H and O–H groups in total. The number of carbonyl (C=O) groups excluding carboxylic acids is 1. The number of rotatable bonds is 5. The van der Waals surface area contributed by atoms with Crippen LogP contribution in [0.1, 0.15) is 21.7 Å². The average Bonchev–Trinajstić information content (AvgIpc) is 2.93. The first-order valence-corrected chi connectivity index (χ1v) is 6.25. The first kappa shape index (κ1) is 14.6. The number of benzene rings is 1. The van der Waals surface area contributed by atoms with Gasteiger partial charge in [-0.25, -0.2) is 5.43 Å². The number of nitrogens with zero attached hydrogens (tertiary/aromatic N) is 1. The number of hydrazone groups is 1. The monoisotopic (exact) mass is 288 g/mol. The molecule has 1 aromatic heterocycles. The quantitative estimate of drug-likeness (QED) is 0.677. The van der Waals surface area contributed by atoms with Crippen molar-refractivity contribution in [3.05, 3.63) is 47.4 Å². The van der Waals surface area contributed by atoms with Gasteiger partial charge in [0.05, 0.1) is 32.3 Å². The van der Waals surface area contributed by atoms with Crippen LogP contribution < -0.4 is 14.9 Å². The Hall–Kier alpha value is -2.76. The molecule has 1 aromatic carbocycles. The van der Waals surface area contributed by atoms with Crippen molar-refractivity contribution in [2.45, 2.75) is 6.92 Å². The summed E-state index contributed by atoms with van der Waals surface area (Å²) < 4.78 is 15.4. The van der Waals surface area contributed by atoms with Crippen molar-refractivity contribution in [3.8, 4) is 11.5 Å². The van der Waals surface area contributed by atoms with Crippen LogP contribution in [0.15, 0.2) is 40.0 Å². The number of hydrogen-bond donors (Lipinski definition) is 1. The predicted octanol–water partition coefficient (Wildman–Crippen LogP) is 2.37. The Labute approximate surface area is 122 Å². The van der Waals surface area contributed by atoms with E-state index in [-0.39, 0.29) is 5.91 Å². The molecule has 0 aliphatic carbocycles. The van der Waals surface area contributed by atoms with Gasteiger partial charge in [0.1, 0.15) is 17.3 Å². The zero-order chi connectivity index (χ0) is 15.2. The lowest BCUT2D eigenvalue weighted by atomic mass is 10.2. The van der Waals surface area contributed by atoms with Crippen molar-refractivity contribution < 1.29 is 18.7 Å². The minimum Gasteiger partial charge on any atom is -0.497 e. The van der Waals surface area contributed by atoms with Crippen LogP contribution in [0, 0.1) is 6.92 Å². The van der Waals surface area contributed by atoms with Crippen LogP contribution in [-0.2, 0) is 0 Å². The van der Waals surface area contributed by atoms with E-state index in [9.17, 15) is 4.79 Å². The molecule has 2 aromatic rings. The Kier molecular flexibility index (Phi) is 4.61. The van der Waals surface area contributed by atoms with Crippen molar-refractivity contribution in [2.75, 3.05) is 14.2 Å². The molecule has 21 heavy (non-hydrogen) atoms. The number of nitrogens with one attached hydrogen (secondary N) is 1. The van der Waals surface area contributed by atoms with Gasteiger partial charge in [0.2, 0.25) is 0 Å². The molecule has 6 nitrogen and oxygen atoms in total. The normalized spacial score (nSPS) is 10.6. The summed E-state index contributed by atoms with van der Waals surface area (Å²) >= 11 is 0. The Balaban J connectivity index is 2.08. The van der Waals surface area contributed by atoms with Crippen molar-refractivity contribution in [2.24, 2.45) is 5.10 Å². The lowest BCUT2D eigenvalue weighted by Gasteiger charge is -2.06. The number of ether oxygens (including phenoxy) is 2. The second-order valence-electron chi connectivity index (χ2n) is 4.20. The molecule has 1 amide bonds. The highest BCUT2D eigenvalue weighted by molar-refractivity contribution is 5.95. The molecule has 1 heterocycles. The Morgan fingerprint density at radius 3 is 2.71 bits per heavy atom. The van der Waals surface area contributed by atoms with Crippen molar-refractivity contribution in [1.29, 1.82) is 0 Å². The van der Waals surface area contributed by atoms with Crippen LogP contribution in [0.3, 0.4) is 0 Å². The fraction of sp³-hybridized carbons (Fsp3) is 0.200. The standard InChI is InChI=1S/C15H16N2O4/c1-10-13(6-7-21-10)15(18)17-16-9-11-4-5-12(19-2)8-14(11)20-3/h4-9H,1-3H3,(H,17,18). The smallest absolute Gasteiger partial charge is 0.274 e.